The predicted molar refractivity (Wildman–Crippen MR) is 104 cm³/mol. The number of nitrogens with one attached hydrogen (secondary N) is 2. The van der Waals surface area contributed by atoms with Gasteiger partial charge >= 0.3 is 6.03 Å². The molecule has 0 aliphatic carbocycles. The summed E-state index contributed by atoms with van der Waals surface area (Å²) in [4.78, 5) is 22.9. The number of aromatic amines is 1. The number of rotatable bonds is 4. The number of H-pyrrole nitrogens is 1. The Kier molecular flexibility index (Phi) is 5.18. The van der Waals surface area contributed by atoms with Crippen molar-refractivity contribution in [3.8, 4) is 11.5 Å². The van der Waals surface area contributed by atoms with Crippen LogP contribution in [-0.2, 0) is 0 Å². The molecule has 1 aromatic carbocycles. The van der Waals surface area contributed by atoms with Crippen molar-refractivity contribution in [2.24, 2.45) is 0 Å². The molecular weight excluding hydrogens is 356 g/mol. The number of carbonyl (C=O) groups is 1. The lowest BCUT2D eigenvalue weighted by atomic mass is 9.98. The van der Waals surface area contributed by atoms with E-state index in [0.29, 0.717) is 18.0 Å². The number of benzene rings is 1. The van der Waals surface area contributed by atoms with Crippen LogP contribution in [-0.4, -0.2) is 44.2 Å². The van der Waals surface area contributed by atoms with Crippen molar-refractivity contribution < 1.29 is 9.53 Å². The molecule has 1 fully saturated rings. The molecule has 0 bridgehead atoms. The number of hydrogen-bond acceptors (Lipinski definition) is 5. The predicted octanol–water partition coefficient (Wildman–Crippen LogP) is 3.71. The monoisotopic (exact) mass is 378 g/mol. The Morgan fingerprint density at radius 3 is 2.82 bits per heavy atom. The summed E-state index contributed by atoms with van der Waals surface area (Å²) in [6.07, 6.45) is 5.27. The van der Waals surface area contributed by atoms with Gasteiger partial charge < -0.3 is 15.0 Å². The lowest BCUT2D eigenvalue weighted by molar-refractivity contribution is 0.191. The average molecular weight is 378 g/mol. The summed E-state index contributed by atoms with van der Waals surface area (Å²) in [5.41, 5.74) is 0.722. The molecule has 2 amide bonds. The van der Waals surface area contributed by atoms with Gasteiger partial charge in [0.05, 0.1) is 6.20 Å². The van der Waals surface area contributed by atoms with E-state index in [1.807, 2.05) is 48.2 Å². The van der Waals surface area contributed by atoms with Crippen molar-refractivity contribution in [2.45, 2.75) is 25.7 Å². The van der Waals surface area contributed by atoms with Crippen LogP contribution in [0.5, 0.6) is 11.5 Å². The summed E-state index contributed by atoms with van der Waals surface area (Å²) >= 11 is 0. The lowest BCUT2D eigenvalue weighted by Crippen LogP contribution is -2.41. The maximum absolute atomic E-state index is 12.7. The molecule has 1 saturated heterocycles. The van der Waals surface area contributed by atoms with Crippen LogP contribution in [0.25, 0.3) is 0 Å². The third kappa shape index (κ3) is 4.28. The van der Waals surface area contributed by atoms with Crippen LogP contribution in [0.2, 0.25) is 0 Å². The van der Waals surface area contributed by atoms with Gasteiger partial charge in [-0.15, -0.1) is 0 Å². The second kappa shape index (κ2) is 8.08. The largest absolute Gasteiger partial charge is 0.456 e. The first-order valence-corrected chi connectivity index (χ1v) is 9.30. The fourth-order valence-electron chi connectivity index (χ4n) is 3.27. The number of hydrogen-bond donors (Lipinski definition) is 2. The van der Waals surface area contributed by atoms with Crippen LogP contribution in [0.3, 0.4) is 0 Å². The van der Waals surface area contributed by atoms with Gasteiger partial charge in [0.1, 0.15) is 17.3 Å². The van der Waals surface area contributed by atoms with Crippen LogP contribution in [0.15, 0.2) is 48.8 Å². The summed E-state index contributed by atoms with van der Waals surface area (Å²) in [7, 11) is 0. The van der Waals surface area contributed by atoms with Crippen LogP contribution in [0.4, 0.5) is 10.5 Å². The number of piperidine rings is 1. The van der Waals surface area contributed by atoms with E-state index < -0.39 is 0 Å². The third-order valence-electron chi connectivity index (χ3n) is 4.66. The molecule has 2 N–H and O–H groups in total. The van der Waals surface area contributed by atoms with Crippen LogP contribution in [0.1, 0.15) is 30.4 Å². The Hall–Kier alpha value is -3.42. The molecule has 1 aliphatic rings. The second-order valence-corrected chi connectivity index (χ2v) is 6.81. The zero-order valence-corrected chi connectivity index (χ0v) is 15.6. The maximum Gasteiger partial charge on any atom is 0.321 e. The Bertz CT molecular complexity index is 925. The van der Waals surface area contributed by atoms with Crippen molar-refractivity contribution in [1.82, 2.24) is 25.1 Å². The first-order valence-electron chi connectivity index (χ1n) is 9.30. The van der Waals surface area contributed by atoms with Crippen LogP contribution >= 0.6 is 0 Å². The Balaban J connectivity index is 1.35. The number of urea groups is 1. The molecule has 8 nitrogen and oxygen atoms in total. The van der Waals surface area contributed by atoms with E-state index in [1.165, 1.54) is 0 Å². The number of anilines is 1. The quantitative estimate of drug-likeness (QED) is 0.721. The van der Waals surface area contributed by atoms with Gasteiger partial charge in [-0.2, -0.15) is 5.10 Å². The molecule has 1 atom stereocenters. The van der Waals surface area contributed by atoms with E-state index >= 15 is 0 Å². The fourth-order valence-corrected chi connectivity index (χ4v) is 3.27. The first-order chi connectivity index (χ1) is 13.7. The van der Waals surface area contributed by atoms with E-state index in [1.54, 1.807) is 12.4 Å². The first kappa shape index (κ1) is 18.0. The zero-order chi connectivity index (χ0) is 19.3. The summed E-state index contributed by atoms with van der Waals surface area (Å²) in [5, 5.41) is 10.1. The summed E-state index contributed by atoms with van der Waals surface area (Å²) in [5.74, 6) is 3.10. The van der Waals surface area contributed by atoms with Gasteiger partial charge in [-0.1, -0.05) is 0 Å². The average Bonchev–Trinajstić information content (AvgIpc) is 3.17. The number of ether oxygens (including phenoxy) is 1. The van der Waals surface area contributed by atoms with Crippen molar-refractivity contribution in [1.29, 1.82) is 0 Å². The molecule has 0 saturated carbocycles. The van der Waals surface area contributed by atoms with Gasteiger partial charge in [-0.3, -0.25) is 10.1 Å². The fraction of sp³-hybridized carbons (Fsp3) is 0.300. The lowest BCUT2D eigenvalue weighted by Gasteiger charge is -2.31. The SMILES string of the molecule is Cc1nc([C@H]2CCCN(C(=O)Nc3ccc(Oc4cccnc4)cc3)C2)n[nH]1. The molecular formula is C20H22N6O2. The Morgan fingerprint density at radius 1 is 1.25 bits per heavy atom. The molecule has 2 aromatic heterocycles. The van der Waals surface area contributed by atoms with Gasteiger partial charge in [0.15, 0.2) is 5.82 Å². The highest BCUT2D eigenvalue weighted by atomic mass is 16.5. The zero-order valence-electron chi connectivity index (χ0n) is 15.6. The van der Waals surface area contributed by atoms with Crippen molar-refractivity contribution >= 4 is 11.7 Å². The molecule has 0 spiro atoms. The topological polar surface area (TPSA) is 96.0 Å². The summed E-state index contributed by atoms with van der Waals surface area (Å²) in [6, 6.07) is 10.8. The van der Waals surface area contributed by atoms with Gasteiger partial charge in [-0.05, 0) is 56.2 Å². The molecule has 3 heterocycles. The highest BCUT2D eigenvalue weighted by Crippen LogP contribution is 2.26. The van der Waals surface area contributed by atoms with Gasteiger partial charge in [-0.25, -0.2) is 9.78 Å². The smallest absolute Gasteiger partial charge is 0.321 e. The molecule has 4 rings (SSSR count). The Morgan fingerprint density at radius 2 is 2.11 bits per heavy atom. The minimum atomic E-state index is -0.113. The Labute approximate surface area is 163 Å². The number of carbonyl (C=O) groups excluding carboxylic acids is 1. The van der Waals surface area contributed by atoms with Crippen molar-refractivity contribution in [2.75, 3.05) is 18.4 Å². The highest BCUT2D eigenvalue weighted by molar-refractivity contribution is 5.89. The number of aromatic nitrogens is 4. The highest BCUT2D eigenvalue weighted by Gasteiger charge is 2.27. The van der Waals surface area contributed by atoms with Crippen molar-refractivity contribution in [3.63, 3.8) is 0 Å². The second-order valence-electron chi connectivity index (χ2n) is 6.81. The van der Waals surface area contributed by atoms with Gasteiger partial charge in [0.25, 0.3) is 0 Å². The molecule has 0 radical (unpaired) electrons. The number of aryl methyl sites for hydroxylation is 1. The van der Waals surface area contributed by atoms with Gasteiger partial charge in [0, 0.05) is 30.9 Å². The molecule has 1 aliphatic heterocycles. The minimum absolute atomic E-state index is 0.113. The number of pyridine rings is 1. The van der Waals surface area contributed by atoms with E-state index in [0.717, 1.165) is 36.7 Å². The van der Waals surface area contributed by atoms with Crippen LogP contribution in [0, 0.1) is 6.92 Å². The number of likely N-dealkylation sites (tertiary alicyclic amines) is 1. The molecule has 0 unspecified atom stereocenters. The van der Waals surface area contributed by atoms with E-state index in [2.05, 4.69) is 25.5 Å². The number of nitrogens with zero attached hydrogens (tertiary/aromatic N) is 4. The van der Waals surface area contributed by atoms with Gasteiger partial charge in [0.2, 0.25) is 0 Å². The number of amides is 2. The molecule has 144 valence electrons. The van der Waals surface area contributed by atoms with E-state index in [4.69, 9.17) is 4.74 Å². The minimum Gasteiger partial charge on any atom is -0.456 e. The van der Waals surface area contributed by atoms with Crippen LogP contribution < -0.4 is 10.1 Å². The van der Waals surface area contributed by atoms with Crippen molar-refractivity contribution in [3.05, 3.63) is 60.4 Å². The van der Waals surface area contributed by atoms with E-state index in [9.17, 15) is 4.79 Å². The maximum atomic E-state index is 12.7. The summed E-state index contributed by atoms with van der Waals surface area (Å²) < 4.78 is 5.72. The standard InChI is InChI=1S/C20H22N6O2/c1-14-22-19(25-24-14)15-4-3-11-26(13-15)20(27)23-16-6-8-17(9-7-16)28-18-5-2-10-21-12-18/h2,5-10,12,15H,3-4,11,13H2,1H3,(H,23,27)(H,22,24,25)/t15-/m0/s1. The molecule has 3 aromatic rings. The normalized spacial score (nSPS) is 16.6. The third-order valence-corrected chi connectivity index (χ3v) is 4.66. The summed E-state index contributed by atoms with van der Waals surface area (Å²) in [6.45, 7) is 3.23. The molecule has 28 heavy (non-hydrogen) atoms. The van der Waals surface area contributed by atoms with E-state index in [-0.39, 0.29) is 11.9 Å². The molecule has 8 heteroatoms.